The Morgan fingerprint density at radius 1 is 1.12 bits per heavy atom. The second-order valence-corrected chi connectivity index (χ2v) is 8.06. The number of rotatable bonds is 4. The molecule has 1 amide bonds. The molecule has 3 atom stereocenters. The van der Waals surface area contributed by atoms with Crippen LogP contribution < -0.4 is 5.73 Å². The van der Waals surface area contributed by atoms with Crippen LogP contribution in [-0.2, 0) is 14.3 Å². The molecule has 0 aromatic heterocycles. The van der Waals surface area contributed by atoms with Gasteiger partial charge in [0.2, 0.25) is 6.10 Å². The third kappa shape index (κ3) is 2.51. The lowest BCUT2D eigenvalue weighted by Crippen LogP contribution is -2.58. The lowest BCUT2D eigenvalue weighted by Gasteiger charge is -2.58. The zero-order valence-electron chi connectivity index (χ0n) is 13.6. The van der Waals surface area contributed by atoms with Gasteiger partial charge in [-0.15, -0.1) is 0 Å². The van der Waals surface area contributed by atoms with Gasteiger partial charge in [-0.2, -0.15) is 0 Å². The van der Waals surface area contributed by atoms with Gasteiger partial charge in [0.1, 0.15) is 0 Å². The van der Waals surface area contributed by atoms with Gasteiger partial charge in [-0.3, -0.25) is 9.59 Å². The second-order valence-electron chi connectivity index (χ2n) is 8.06. The summed E-state index contributed by atoms with van der Waals surface area (Å²) in [5.74, 6) is -0.277. The molecule has 5 heteroatoms. The smallest absolute Gasteiger partial charge is 0.313 e. The van der Waals surface area contributed by atoms with Crippen LogP contribution in [0, 0.1) is 17.3 Å². The molecule has 3 N–H and O–H groups in total. The third-order valence-corrected chi connectivity index (χ3v) is 6.05. The highest BCUT2D eigenvalue weighted by Gasteiger charge is 2.61. The molecule has 0 saturated heterocycles. The van der Waals surface area contributed by atoms with Crippen LogP contribution in [0.25, 0.3) is 0 Å². The molecule has 4 fully saturated rings. The maximum atomic E-state index is 13.0. The number of nitrogens with two attached hydrogens (primary N) is 1. The average Bonchev–Trinajstić information content (AvgIpc) is 2.50. The number of hydrogen-bond donors (Lipinski definition) is 2. The Bertz CT molecular complexity index is 657. The molecule has 128 valence electrons. The Morgan fingerprint density at radius 3 is 2.29 bits per heavy atom. The molecule has 24 heavy (non-hydrogen) atoms. The van der Waals surface area contributed by atoms with E-state index >= 15 is 0 Å². The summed E-state index contributed by atoms with van der Waals surface area (Å²) in [4.78, 5) is 24.8. The van der Waals surface area contributed by atoms with E-state index < -0.39 is 23.0 Å². The first kappa shape index (κ1) is 15.6. The first-order valence-electron chi connectivity index (χ1n) is 8.67. The molecule has 5 rings (SSSR count). The molecule has 0 heterocycles. The van der Waals surface area contributed by atoms with Crippen LogP contribution in [0.1, 0.15) is 50.2 Å². The Morgan fingerprint density at radius 2 is 1.75 bits per heavy atom. The normalized spacial score (nSPS) is 37.9. The molecular formula is C19H23NO4. The second kappa shape index (κ2) is 5.31. The Hall–Kier alpha value is -1.88. The van der Waals surface area contributed by atoms with Gasteiger partial charge >= 0.3 is 5.97 Å². The number of benzene rings is 1. The van der Waals surface area contributed by atoms with Gasteiger partial charge in [-0.05, 0) is 50.4 Å². The summed E-state index contributed by atoms with van der Waals surface area (Å²) in [5.41, 5.74) is 4.66. The van der Waals surface area contributed by atoms with Gasteiger partial charge < -0.3 is 15.6 Å². The van der Waals surface area contributed by atoms with E-state index in [1.165, 1.54) is 0 Å². The minimum atomic E-state index is -1.07. The van der Waals surface area contributed by atoms with E-state index in [0.29, 0.717) is 23.8 Å². The summed E-state index contributed by atoms with van der Waals surface area (Å²) < 4.78 is 5.60. The van der Waals surface area contributed by atoms with E-state index in [1.807, 2.05) is 6.07 Å². The van der Waals surface area contributed by atoms with Crippen LogP contribution >= 0.6 is 0 Å². The standard InChI is InChI=1S/C19H23NO4/c20-16(21)15(14-4-2-1-3-5-14)24-17(22)18-7-12-6-13(8-18)10-19(23,9-12)11-18/h1-5,12-13,15,23H,6-11H2,(H2,20,21). The maximum absolute atomic E-state index is 13.0. The fourth-order valence-electron chi connectivity index (χ4n) is 5.60. The van der Waals surface area contributed by atoms with Crippen molar-refractivity contribution in [2.24, 2.45) is 23.0 Å². The average molecular weight is 329 g/mol. The monoisotopic (exact) mass is 329 g/mol. The molecule has 4 aliphatic rings. The number of esters is 1. The predicted molar refractivity (Wildman–Crippen MR) is 86.5 cm³/mol. The predicted octanol–water partition coefficient (Wildman–Crippen LogP) is 2.09. The van der Waals surface area contributed by atoms with Gasteiger partial charge in [0.15, 0.2) is 0 Å². The largest absolute Gasteiger partial charge is 0.447 e. The van der Waals surface area contributed by atoms with Crippen molar-refractivity contribution < 1.29 is 19.4 Å². The van der Waals surface area contributed by atoms with E-state index in [-0.39, 0.29) is 5.97 Å². The number of primary amides is 1. The van der Waals surface area contributed by atoms with E-state index in [1.54, 1.807) is 24.3 Å². The highest BCUT2D eigenvalue weighted by atomic mass is 16.5. The van der Waals surface area contributed by atoms with Crippen LogP contribution in [0.15, 0.2) is 30.3 Å². The van der Waals surface area contributed by atoms with Crippen molar-refractivity contribution in [1.29, 1.82) is 0 Å². The van der Waals surface area contributed by atoms with E-state index in [0.717, 1.165) is 32.1 Å². The molecular weight excluding hydrogens is 306 g/mol. The van der Waals surface area contributed by atoms with Gasteiger partial charge in [0, 0.05) is 5.56 Å². The van der Waals surface area contributed by atoms with Crippen LogP contribution in [0.5, 0.6) is 0 Å². The Kier molecular flexibility index (Phi) is 3.46. The molecule has 1 aromatic rings. The number of hydrogen-bond acceptors (Lipinski definition) is 4. The molecule has 4 bridgehead atoms. The van der Waals surface area contributed by atoms with Crippen LogP contribution in [-0.4, -0.2) is 22.6 Å². The molecule has 0 spiro atoms. The van der Waals surface area contributed by atoms with E-state index in [4.69, 9.17) is 10.5 Å². The highest BCUT2D eigenvalue weighted by molar-refractivity contribution is 5.85. The van der Waals surface area contributed by atoms with Crippen molar-refractivity contribution >= 4 is 11.9 Å². The van der Waals surface area contributed by atoms with Crippen molar-refractivity contribution in [2.45, 2.75) is 50.2 Å². The summed E-state index contributed by atoms with van der Waals surface area (Å²) in [6.07, 6.45) is 3.56. The summed E-state index contributed by atoms with van der Waals surface area (Å²) in [6, 6.07) is 8.86. The van der Waals surface area contributed by atoms with Crippen molar-refractivity contribution in [2.75, 3.05) is 0 Å². The summed E-state index contributed by atoms with van der Waals surface area (Å²) in [5, 5.41) is 10.8. The minimum Gasteiger partial charge on any atom is -0.447 e. The zero-order chi connectivity index (χ0) is 16.9. The quantitative estimate of drug-likeness (QED) is 0.828. The fraction of sp³-hybridized carbons (Fsp3) is 0.579. The van der Waals surface area contributed by atoms with Crippen LogP contribution in [0.2, 0.25) is 0 Å². The number of carbonyl (C=O) groups is 2. The number of aliphatic hydroxyl groups is 1. The lowest BCUT2D eigenvalue weighted by atomic mass is 9.48. The van der Waals surface area contributed by atoms with Crippen molar-refractivity contribution in [3.63, 3.8) is 0 Å². The van der Waals surface area contributed by atoms with Crippen molar-refractivity contribution in [3.05, 3.63) is 35.9 Å². The zero-order valence-corrected chi connectivity index (χ0v) is 13.6. The van der Waals surface area contributed by atoms with Gasteiger partial charge in [0.25, 0.3) is 5.91 Å². The third-order valence-electron chi connectivity index (χ3n) is 6.05. The van der Waals surface area contributed by atoms with Gasteiger partial charge in [-0.25, -0.2) is 0 Å². The minimum absolute atomic E-state index is 0.373. The molecule has 5 nitrogen and oxygen atoms in total. The molecule has 0 radical (unpaired) electrons. The molecule has 3 unspecified atom stereocenters. The maximum Gasteiger partial charge on any atom is 0.313 e. The summed E-state index contributed by atoms with van der Waals surface area (Å²) in [6.45, 7) is 0. The molecule has 4 saturated carbocycles. The van der Waals surface area contributed by atoms with Crippen LogP contribution in [0.3, 0.4) is 0 Å². The van der Waals surface area contributed by atoms with Crippen molar-refractivity contribution in [3.8, 4) is 0 Å². The van der Waals surface area contributed by atoms with Crippen LogP contribution in [0.4, 0.5) is 0 Å². The topological polar surface area (TPSA) is 89.6 Å². The van der Waals surface area contributed by atoms with Gasteiger partial charge in [-0.1, -0.05) is 30.3 Å². The Balaban J connectivity index is 1.58. The SMILES string of the molecule is NC(=O)C(OC(=O)C12CC3CC(CC(O)(C3)C1)C2)c1ccccc1. The number of amides is 1. The summed E-state index contributed by atoms with van der Waals surface area (Å²) in [7, 11) is 0. The Labute approximate surface area is 141 Å². The van der Waals surface area contributed by atoms with Gasteiger partial charge in [0.05, 0.1) is 11.0 Å². The van der Waals surface area contributed by atoms with E-state index in [2.05, 4.69) is 0 Å². The molecule has 4 aliphatic carbocycles. The first-order valence-corrected chi connectivity index (χ1v) is 8.67. The van der Waals surface area contributed by atoms with E-state index in [9.17, 15) is 14.7 Å². The summed E-state index contributed by atoms with van der Waals surface area (Å²) >= 11 is 0. The number of carbonyl (C=O) groups excluding carboxylic acids is 2. The van der Waals surface area contributed by atoms with Crippen molar-refractivity contribution in [1.82, 2.24) is 0 Å². The number of ether oxygens (including phenoxy) is 1. The molecule has 1 aromatic carbocycles. The fourth-order valence-corrected chi connectivity index (χ4v) is 5.60. The lowest BCUT2D eigenvalue weighted by molar-refractivity contribution is -0.200. The molecule has 0 aliphatic heterocycles. The first-order chi connectivity index (χ1) is 11.4. The highest BCUT2D eigenvalue weighted by Crippen LogP contribution is 2.62.